The van der Waals surface area contributed by atoms with Crippen LogP contribution in [0.15, 0.2) is 29.3 Å². The third-order valence-corrected chi connectivity index (χ3v) is 1.92. The smallest absolute Gasteiger partial charge is 0.119 e. The average molecular weight is 204 g/mol. The minimum absolute atomic E-state index is 0.639. The van der Waals surface area contributed by atoms with Crippen LogP contribution in [0.4, 0.5) is 11.4 Å². The number of carbonyl (C=O) groups excluding carboxylic acids is 1. The molecule has 2 rings (SSSR count). The Kier molecular flexibility index (Phi) is 4.54. The normalized spacial score (nSPS) is 12.5. The lowest BCUT2D eigenvalue weighted by molar-refractivity contribution is -0.107. The van der Waals surface area contributed by atoms with E-state index >= 15 is 0 Å². The van der Waals surface area contributed by atoms with E-state index in [0.717, 1.165) is 29.9 Å². The Balaban J connectivity index is 0.000000245. The molecule has 1 aliphatic rings. The molecule has 0 atom stereocenters. The second kappa shape index (κ2) is 5.96. The molecule has 0 saturated carbocycles. The van der Waals surface area contributed by atoms with Gasteiger partial charge in [0.1, 0.15) is 6.29 Å². The summed E-state index contributed by atoms with van der Waals surface area (Å²) in [6.07, 6.45) is 1.51. The average Bonchev–Trinajstić information content (AvgIpc) is 2.29. The predicted molar refractivity (Wildman–Crippen MR) is 64.1 cm³/mol. The molecule has 3 nitrogen and oxygen atoms in total. The molecule has 1 aromatic rings. The first kappa shape index (κ1) is 11.4. The highest BCUT2D eigenvalue weighted by molar-refractivity contribution is 5.93. The molecule has 80 valence electrons. The van der Waals surface area contributed by atoms with Crippen molar-refractivity contribution in [3.8, 4) is 0 Å². The van der Waals surface area contributed by atoms with E-state index in [0.29, 0.717) is 6.42 Å². The Morgan fingerprint density at radius 2 is 2.13 bits per heavy atom. The van der Waals surface area contributed by atoms with Crippen LogP contribution < -0.4 is 5.32 Å². The van der Waals surface area contributed by atoms with Crippen LogP contribution in [-0.4, -0.2) is 18.5 Å². The van der Waals surface area contributed by atoms with Crippen molar-refractivity contribution in [1.82, 2.24) is 0 Å². The molecule has 0 unspecified atom stereocenters. The fourth-order valence-electron chi connectivity index (χ4n) is 1.19. The molecule has 3 heteroatoms. The maximum atomic E-state index is 9.17. The van der Waals surface area contributed by atoms with Gasteiger partial charge >= 0.3 is 0 Å². The number of hydrogen-bond acceptors (Lipinski definition) is 3. The van der Waals surface area contributed by atoms with E-state index < -0.39 is 0 Å². The Labute approximate surface area is 90.2 Å². The zero-order chi connectivity index (χ0) is 11.1. The quantitative estimate of drug-likeness (QED) is 0.715. The lowest BCUT2D eigenvalue weighted by Gasteiger charge is -2.14. The highest BCUT2D eigenvalue weighted by atomic mass is 16.1. The molecule has 0 bridgehead atoms. The summed E-state index contributed by atoms with van der Waals surface area (Å²) in [7, 11) is 0. The van der Waals surface area contributed by atoms with Gasteiger partial charge in [0.15, 0.2) is 0 Å². The van der Waals surface area contributed by atoms with Gasteiger partial charge in [0.2, 0.25) is 0 Å². The van der Waals surface area contributed by atoms with Crippen molar-refractivity contribution in [3.63, 3.8) is 0 Å². The monoisotopic (exact) mass is 204 g/mol. The van der Waals surface area contributed by atoms with E-state index in [-0.39, 0.29) is 0 Å². The predicted octanol–water partition coefficient (Wildman–Crippen LogP) is 2.80. The number of rotatable bonds is 1. The maximum absolute atomic E-state index is 9.17. The molecule has 0 aromatic heterocycles. The molecule has 0 radical (unpaired) electrons. The SMILES string of the molecule is CC1=Nc2ccccc2NC1.CCC=O. The summed E-state index contributed by atoms with van der Waals surface area (Å²) < 4.78 is 0. The molecule has 0 aliphatic carbocycles. The highest BCUT2D eigenvalue weighted by Crippen LogP contribution is 2.26. The van der Waals surface area contributed by atoms with Crippen LogP contribution >= 0.6 is 0 Å². The van der Waals surface area contributed by atoms with Crippen LogP contribution in [0.2, 0.25) is 0 Å². The van der Waals surface area contributed by atoms with Crippen molar-refractivity contribution in [2.75, 3.05) is 11.9 Å². The van der Waals surface area contributed by atoms with Crippen LogP contribution in [0, 0.1) is 0 Å². The Hall–Kier alpha value is -1.64. The molecule has 15 heavy (non-hydrogen) atoms. The summed E-state index contributed by atoms with van der Waals surface area (Å²) in [5.74, 6) is 0. The van der Waals surface area contributed by atoms with E-state index in [1.165, 1.54) is 0 Å². The van der Waals surface area contributed by atoms with Gasteiger partial charge in [-0.2, -0.15) is 0 Å². The summed E-state index contributed by atoms with van der Waals surface area (Å²) >= 11 is 0. The van der Waals surface area contributed by atoms with Gasteiger partial charge in [0.25, 0.3) is 0 Å². The van der Waals surface area contributed by atoms with Crippen LogP contribution in [0.3, 0.4) is 0 Å². The third-order valence-electron chi connectivity index (χ3n) is 1.92. The number of para-hydroxylation sites is 2. The summed E-state index contributed by atoms with van der Waals surface area (Å²) in [5, 5.41) is 3.28. The Morgan fingerprint density at radius 3 is 2.80 bits per heavy atom. The van der Waals surface area contributed by atoms with Gasteiger partial charge < -0.3 is 10.1 Å². The van der Waals surface area contributed by atoms with Gasteiger partial charge in [0, 0.05) is 12.1 Å². The van der Waals surface area contributed by atoms with Crippen molar-refractivity contribution >= 4 is 23.4 Å². The molecule has 0 amide bonds. The van der Waals surface area contributed by atoms with Crippen molar-refractivity contribution in [2.24, 2.45) is 4.99 Å². The maximum Gasteiger partial charge on any atom is 0.119 e. The summed E-state index contributed by atoms with van der Waals surface area (Å²) in [6.45, 7) is 4.72. The fourth-order valence-corrected chi connectivity index (χ4v) is 1.19. The van der Waals surface area contributed by atoms with E-state index in [4.69, 9.17) is 0 Å². The number of anilines is 1. The van der Waals surface area contributed by atoms with E-state index in [1.54, 1.807) is 0 Å². The Bertz CT molecular complexity index is 358. The number of hydrogen-bond donors (Lipinski definition) is 1. The number of carbonyl (C=O) groups is 1. The van der Waals surface area contributed by atoms with E-state index in [1.807, 2.05) is 38.1 Å². The first-order chi connectivity index (χ1) is 7.27. The van der Waals surface area contributed by atoms with Crippen molar-refractivity contribution in [1.29, 1.82) is 0 Å². The molecule has 1 aliphatic heterocycles. The van der Waals surface area contributed by atoms with Crippen LogP contribution in [0.1, 0.15) is 20.3 Å². The lowest BCUT2D eigenvalue weighted by Crippen LogP contribution is -2.13. The topological polar surface area (TPSA) is 41.5 Å². The van der Waals surface area contributed by atoms with Gasteiger partial charge in [0.05, 0.1) is 17.9 Å². The van der Waals surface area contributed by atoms with Crippen molar-refractivity contribution < 1.29 is 4.79 Å². The molecule has 0 spiro atoms. The summed E-state index contributed by atoms with van der Waals surface area (Å²) in [4.78, 5) is 13.6. The largest absolute Gasteiger partial charge is 0.378 e. The molecule has 1 aromatic carbocycles. The second-order valence-corrected chi connectivity index (χ2v) is 3.29. The molecule has 1 N–H and O–H groups in total. The van der Waals surface area contributed by atoms with Crippen LogP contribution in [0.5, 0.6) is 0 Å². The van der Waals surface area contributed by atoms with Gasteiger partial charge in [-0.3, -0.25) is 4.99 Å². The van der Waals surface area contributed by atoms with Gasteiger partial charge in [-0.05, 0) is 19.1 Å². The molecule has 0 fully saturated rings. The zero-order valence-electron chi connectivity index (χ0n) is 9.16. The van der Waals surface area contributed by atoms with Gasteiger partial charge in [-0.25, -0.2) is 0 Å². The number of fused-ring (bicyclic) bond motifs is 1. The number of nitrogens with one attached hydrogen (secondary N) is 1. The lowest BCUT2D eigenvalue weighted by atomic mass is 10.2. The van der Waals surface area contributed by atoms with Crippen molar-refractivity contribution in [2.45, 2.75) is 20.3 Å². The van der Waals surface area contributed by atoms with Crippen molar-refractivity contribution in [3.05, 3.63) is 24.3 Å². The summed E-state index contributed by atoms with van der Waals surface area (Å²) in [6, 6.07) is 8.08. The Morgan fingerprint density at radius 1 is 1.47 bits per heavy atom. The van der Waals surface area contributed by atoms with Crippen LogP contribution in [-0.2, 0) is 4.79 Å². The molecular formula is C12H16N2O. The number of nitrogens with zero attached hydrogens (tertiary/aromatic N) is 1. The van der Waals surface area contributed by atoms with Crippen LogP contribution in [0.25, 0.3) is 0 Å². The molecule has 1 heterocycles. The minimum atomic E-state index is 0.639. The van der Waals surface area contributed by atoms with Gasteiger partial charge in [-0.15, -0.1) is 0 Å². The summed E-state index contributed by atoms with van der Waals surface area (Å²) in [5.41, 5.74) is 3.33. The molecular weight excluding hydrogens is 188 g/mol. The minimum Gasteiger partial charge on any atom is -0.378 e. The first-order valence-electron chi connectivity index (χ1n) is 5.08. The highest BCUT2D eigenvalue weighted by Gasteiger charge is 2.05. The number of aliphatic imine (C=N–C) groups is 1. The molecule has 0 saturated heterocycles. The third kappa shape index (κ3) is 3.54. The second-order valence-electron chi connectivity index (χ2n) is 3.29. The standard InChI is InChI=1S/C9H10N2.C3H6O/c1-7-6-10-8-4-2-3-5-9(8)11-7;1-2-3-4/h2-5,10H,6H2,1H3;3H,2H2,1H3. The fraction of sp³-hybridized carbons (Fsp3) is 0.333. The van der Waals surface area contributed by atoms with E-state index in [2.05, 4.69) is 10.3 Å². The number of benzene rings is 1. The van der Waals surface area contributed by atoms with Gasteiger partial charge in [-0.1, -0.05) is 19.1 Å². The zero-order valence-corrected chi connectivity index (χ0v) is 9.16. The van der Waals surface area contributed by atoms with E-state index in [9.17, 15) is 4.79 Å². The first-order valence-corrected chi connectivity index (χ1v) is 5.08. The number of aldehydes is 1.